The molecule has 1 atom stereocenters. The molecule has 0 saturated heterocycles. The van der Waals surface area contributed by atoms with E-state index in [4.69, 9.17) is 4.74 Å². The number of aromatic nitrogens is 1. The van der Waals surface area contributed by atoms with Gasteiger partial charge in [0, 0.05) is 22.7 Å². The van der Waals surface area contributed by atoms with E-state index in [0.717, 1.165) is 28.5 Å². The first-order chi connectivity index (χ1) is 20.5. The number of amides is 2. The van der Waals surface area contributed by atoms with Crippen LogP contribution in [0.15, 0.2) is 90.0 Å². The highest BCUT2D eigenvalue weighted by Crippen LogP contribution is 2.30. The van der Waals surface area contributed by atoms with Crippen molar-refractivity contribution in [1.82, 2.24) is 15.0 Å². The van der Waals surface area contributed by atoms with E-state index in [1.54, 1.807) is 51.2 Å². The van der Waals surface area contributed by atoms with Crippen molar-refractivity contribution < 1.29 is 23.1 Å². The number of carbonyl (C=O) groups is 2. The summed E-state index contributed by atoms with van der Waals surface area (Å²) in [6, 6.07) is 20.1. The van der Waals surface area contributed by atoms with Gasteiger partial charge in [-0.25, -0.2) is 18.4 Å². The van der Waals surface area contributed by atoms with Crippen LogP contribution in [0.5, 0.6) is 0 Å². The van der Waals surface area contributed by atoms with Crippen molar-refractivity contribution in [2.75, 3.05) is 0 Å². The van der Waals surface area contributed by atoms with Crippen LogP contribution in [-0.2, 0) is 11.2 Å². The van der Waals surface area contributed by atoms with Crippen molar-refractivity contribution in [1.29, 1.82) is 0 Å². The van der Waals surface area contributed by atoms with Gasteiger partial charge in [-0.3, -0.25) is 9.71 Å². The average Bonchev–Trinajstić information content (AvgIpc) is 2.96. The quantitative estimate of drug-likeness (QED) is 0.155. The zero-order valence-corrected chi connectivity index (χ0v) is 26.0. The second-order valence-corrected chi connectivity index (χ2v) is 11.3. The van der Waals surface area contributed by atoms with Crippen LogP contribution in [0.3, 0.4) is 0 Å². The van der Waals surface area contributed by atoms with Crippen LogP contribution in [0, 0.1) is 18.6 Å². The Kier molecular flexibility index (Phi) is 11.8. The predicted molar refractivity (Wildman–Crippen MR) is 168 cm³/mol. The number of hydrogen-bond acceptors (Lipinski definition) is 5. The van der Waals surface area contributed by atoms with Crippen LogP contribution >= 0.6 is 11.9 Å². The SMILES string of the molecule is CC.Cc1ccccc1SNC(=O)NC(Cc1cc(F)cc(F)c1)c1ncccc1-c1cccc(C(=O)OC(C)(C)C)c1. The third-order valence-corrected chi connectivity index (χ3v) is 6.96. The van der Waals surface area contributed by atoms with Gasteiger partial charge in [-0.2, -0.15) is 0 Å². The molecular weight excluding hydrogens is 568 g/mol. The van der Waals surface area contributed by atoms with Gasteiger partial charge in [0.2, 0.25) is 0 Å². The maximum atomic E-state index is 14.1. The molecule has 2 amide bonds. The van der Waals surface area contributed by atoms with Crippen molar-refractivity contribution in [3.05, 3.63) is 119 Å². The highest BCUT2D eigenvalue weighted by atomic mass is 32.2. The molecule has 0 bridgehead atoms. The Labute approximate surface area is 256 Å². The van der Waals surface area contributed by atoms with Gasteiger partial charge >= 0.3 is 12.0 Å². The van der Waals surface area contributed by atoms with Gasteiger partial charge in [0.25, 0.3) is 0 Å². The number of benzene rings is 3. The first kappa shape index (κ1) is 33.3. The lowest BCUT2D eigenvalue weighted by Gasteiger charge is -2.22. The number of ether oxygens (including phenoxy) is 1. The summed E-state index contributed by atoms with van der Waals surface area (Å²) in [5.41, 5.74) is 2.83. The highest BCUT2D eigenvalue weighted by molar-refractivity contribution is 7.98. The number of halogens is 2. The lowest BCUT2D eigenvalue weighted by Crippen LogP contribution is -2.36. The van der Waals surface area contributed by atoms with E-state index in [1.165, 1.54) is 12.1 Å². The Morgan fingerprint density at radius 1 is 0.930 bits per heavy atom. The molecular formula is C34H37F2N3O3S. The molecule has 1 heterocycles. The lowest BCUT2D eigenvalue weighted by atomic mass is 9.94. The fourth-order valence-electron chi connectivity index (χ4n) is 4.23. The molecule has 0 radical (unpaired) electrons. The van der Waals surface area contributed by atoms with Crippen LogP contribution in [0.1, 0.15) is 67.8 Å². The van der Waals surface area contributed by atoms with Crippen LogP contribution in [0.25, 0.3) is 11.1 Å². The van der Waals surface area contributed by atoms with Gasteiger partial charge < -0.3 is 10.1 Å². The topological polar surface area (TPSA) is 80.3 Å². The third-order valence-electron chi connectivity index (χ3n) is 5.99. The average molecular weight is 606 g/mol. The van der Waals surface area contributed by atoms with Crippen molar-refractivity contribution in [3.63, 3.8) is 0 Å². The number of aryl methyl sites for hydroxylation is 1. The van der Waals surface area contributed by atoms with E-state index < -0.39 is 35.3 Å². The molecule has 2 N–H and O–H groups in total. The first-order valence-electron chi connectivity index (χ1n) is 14.0. The molecule has 9 heteroatoms. The number of nitrogens with zero attached hydrogens (tertiary/aromatic N) is 1. The molecule has 3 aromatic carbocycles. The molecule has 0 aliphatic rings. The van der Waals surface area contributed by atoms with E-state index in [9.17, 15) is 18.4 Å². The Morgan fingerprint density at radius 3 is 2.30 bits per heavy atom. The summed E-state index contributed by atoms with van der Waals surface area (Å²) < 4.78 is 36.4. The Hall–Kier alpha value is -4.24. The summed E-state index contributed by atoms with van der Waals surface area (Å²) in [4.78, 5) is 31.3. The first-order valence-corrected chi connectivity index (χ1v) is 14.8. The minimum Gasteiger partial charge on any atom is -0.456 e. The van der Waals surface area contributed by atoms with Crippen molar-refractivity contribution in [2.24, 2.45) is 0 Å². The molecule has 0 aliphatic heterocycles. The molecule has 6 nitrogen and oxygen atoms in total. The van der Waals surface area contributed by atoms with Crippen LogP contribution in [0.2, 0.25) is 0 Å². The van der Waals surface area contributed by atoms with Gasteiger partial charge in [-0.1, -0.05) is 50.2 Å². The zero-order valence-electron chi connectivity index (χ0n) is 25.2. The minimum absolute atomic E-state index is 0.0624. The largest absolute Gasteiger partial charge is 0.456 e. The fourth-order valence-corrected chi connectivity index (χ4v) is 4.87. The van der Waals surface area contributed by atoms with Crippen molar-refractivity contribution >= 4 is 23.9 Å². The molecule has 1 unspecified atom stereocenters. The predicted octanol–water partition coefficient (Wildman–Crippen LogP) is 8.61. The summed E-state index contributed by atoms with van der Waals surface area (Å²) in [7, 11) is 0. The molecule has 0 fully saturated rings. The third kappa shape index (κ3) is 9.92. The zero-order chi connectivity index (χ0) is 31.6. The summed E-state index contributed by atoms with van der Waals surface area (Å²) >= 11 is 1.16. The second-order valence-electron chi connectivity index (χ2n) is 10.5. The maximum absolute atomic E-state index is 14.1. The van der Waals surface area contributed by atoms with E-state index in [2.05, 4.69) is 15.0 Å². The van der Waals surface area contributed by atoms with E-state index in [1.807, 2.05) is 57.2 Å². The number of urea groups is 1. The van der Waals surface area contributed by atoms with E-state index in [0.29, 0.717) is 27.9 Å². The van der Waals surface area contributed by atoms with Crippen LogP contribution in [-0.4, -0.2) is 22.6 Å². The van der Waals surface area contributed by atoms with Crippen molar-refractivity contribution in [2.45, 2.75) is 64.5 Å². The highest BCUT2D eigenvalue weighted by Gasteiger charge is 2.23. The van der Waals surface area contributed by atoms with Gasteiger partial charge in [0.05, 0.1) is 17.3 Å². The minimum atomic E-state index is -0.768. The standard InChI is InChI=1S/C32H31F2N3O3S.C2H6/c1-20-9-5-6-13-28(20)41-37-31(39)36-27(17-21-15-24(33)19-25(34)16-21)29-26(12-8-14-35-29)22-10-7-11-23(18-22)30(38)40-32(2,3)4;1-2/h5-16,18-19,27H,17H2,1-4H3,(H2,36,37,39);1-2H3. The normalized spacial score (nSPS) is 11.5. The second kappa shape index (κ2) is 15.3. The summed E-state index contributed by atoms with van der Waals surface area (Å²) in [5.74, 6) is -1.91. The molecule has 0 spiro atoms. The summed E-state index contributed by atoms with van der Waals surface area (Å²) in [6.45, 7) is 11.3. The lowest BCUT2D eigenvalue weighted by molar-refractivity contribution is 0.00695. The molecule has 0 saturated carbocycles. The number of carbonyl (C=O) groups excluding carboxylic acids is 2. The molecule has 226 valence electrons. The fraction of sp³-hybridized carbons (Fsp3) is 0.265. The van der Waals surface area contributed by atoms with Crippen LogP contribution < -0.4 is 10.0 Å². The maximum Gasteiger partial charge on any atom is 0.338 e. The van der Waals surface area contributed by atoms with Gasteiger partial charge in [0.15, 0.2) is 0 Å². The number of esters is 1. The number of hydrogen-bond donors (Lipinski definition) is 2. The molecule has 0 aliphatic carbocycles. The van der Waals surface area contributed by atoms with E-state index in [-0.39, 0.29) is 6.42 Å². The molecule has 43 heavy (non-hydrogen) atoms. The Morgan fingerprint density at radius 2 is 1.63 bits per heavy atom. The molecule has 1 aromatic heterocycles. The monoisotopic (exact) mass is 605 g/mol. The summed E-state index contributed by atoms with van der Waals surface area (Å²) in [6.07, 6.45) is 1.64. The Balaban J connectivity index is 0.00000248. The summed E-state index contributed by atoms with van der Waals surface area (Å²) in [5, 5.41) is 2.92. The number of nitrogens with one attached hydrogen (secondary N) is 2. The number of rotatable bonds is 8. The Bertz CT molecular complexity index is 1540. The van der Waals surface area contributed by atoms with Crippen LogP contribution in [0.4, 0.5) is 13.6 Å². The van der Waals surface area contributed by atoms with E-state index >= 15 is 0 Å². The molecule has 4 aromatic rings. The van der Waals surface area contributed by atoms with Crippen molar-refractivity contribution in [3.8, 4) is 11.1 Å². The van der Waals surface area contributed by atoms with Gasteiger partial charge in [0.1, 0.15) is 17.2 Å². The van der Waals surface area contributed by atoms with Gasteiger partial charge in [-0.15, -0.1) is 0 Å². The smallest absolute Gasteiger partial charge is 0.338 e. The number of pyridine rings is 1. The molecule has 4 rings (SSSR count). The van der Waals surface area contributed by atoms with Gasteiger partial charge in [-0.05, 0) is 99.2 Å².